The minimum atomic E-state index is -0.569. The summed E-state index contributed by atoms with van der Waals surface area (Å²) < 4.78 is 10.9. The van der Waals surface area contributed by atoms with Crippen LogP contribution in [0.25, 0.3) is 0 Å². The second kappa shape index (κ2) is 6.69. The summed E-state index contributed by atoms with van der Waals surface area (Å²) in [6.07, 6.45) is 2.25. The maximum absolute atomic E-state index is 12.5. The van der Waals surface area contributed by atoms with Gasteiger partial charge in [-0.05, 0) is 44.9 Å². The van der Waals surface area contributed by atoms with Crippen molar-refractivity contribution < 1.29 is 18.8 Å². The van der Waals surface area contributed by atoms with Crippen molar-refractivity contribution in [3.63, 3.8) is 0 Å². The Hall–Kier alpha value is -2.27. The van der Waals surface area contributed by atoms with Crippen molar-refractivity contribution in [2.75, 3.05) is 0 Å². The number of benzene rings is 1. The van der Waals surface area contributed by atoms with Crippen LogP contribution < -0.4 is 0 Å². The van der Waals surface area contributed by atoms with Crippen molar-refractivity contribution in [1.82, 2.24) is 5.06 Å². The predicted molar refractivity (Wildman–Crippen MR) is 89.2 cm³/mol. The normalized spacial score (nSPS) is 21.0. The Balaban J connectivity index is 1.78. The number of ether oxygens (including phenoxy) is 1. The lowest BCUT2D eigenvalue weighted by Crippen LogP contribution is -2.39. The molecule has 1 aromatic heterocycles. The van der Waals surface area contributed by atoms with E-state index in [1.807, 2.05) is 63.2 Å². The quantitative estimate of drug-likeness (QED) is 0.831. The zero-order valence-corrected chi connectivity index (χ0v) is 14.3. The van der Waals surface area contributed by atoms with Crippen LogP contribution in [0, 0.1) is 0 Å². The van der Waals surface area contributed by atoms with Gasteiger partial charge in [0.2, 0.25) is 0 Å². The number of hydrogen-bond acceptors (Lipinski definition) is 4. The molecule has 5 nitrogen and oxygen atoms in total. The number of nitrogens with zero attached hydrogens (tertiary/aromatic N) is 1. The van der Waals surface area contributed by atoms with Crippen LogP contribution in [0.4, 0.5) is 4.79 Å². The molecule has 1 aliphatic rings. The van der Waals surface area contributed by atoms with Crippen molar-refractivity contribution in [3.05, 3.63) is 60.1 Å². The Morgan fingerprint density at radius 3 is 2.58 bits per heavy atom. The summed E-state index contributed by atoms with van der Waals surface area (Å²) in [5.74, 6) is 0.721. The smallest absolute Gasteiger partial charge is 0.434 e. The van der Waals surface area contributed by atoms with E-state index >= 15 is 0 Å². The molecule has 0 bridgehead atoms. The zero-order chi connectivity index (χ0) is 17.2. The third-order valence-corrected chi connectivity index (χ3v) is 3.81. The molecule has 1 amide bonds. The van der Waals surface area contributed by atoms with E-state index in [1.165, 1.54) is 5.06 Å². The van der Waals surface area contributed by atoms with E-state index in [4.69, 9.17) is 14.0 Å². The van der Waals surface area contributed by atoms with E-state index < -0.39 is 11.7 Å². The highest BCUT2D eigenvalue weighted by Gasteiger charge is 2.40. The molecule has 1 saturated heterocycles. The summed E-state index contributed by atoms with van der Waals surface area (Å²) in [5.41, 5.74) is 0.584. The highest BCUT2D eigenvalue weighted by atomic mass is 16.7. The first-order valence-electron chi connectivity index (χ1n) is 8.19. The summed E-state index contributed by atoms with van der Waals surface area (Å²) in [5, 5.41) is 1.37. The summed E-state index contributed by atoms with van der Waals surface area (Å²) in [7, 11) is 0. The van der Waals surface area contributed by atoms with Crippen LogP contribution in [-0.4, -0.2) is 22.8 Å². The third-order valence-electron chi connectivity index (χ3n) is 3.81. The maximum atomic E-state index is 12.5. The van der Waals surface area contributed by atoms with E-state index in [1.54, 1.807) is 6.26 Å². The molecular weight excluding hydrogens is 306 g/mol. The number of rotatable bonds is 3. The average molecular weight is 329 g/mol. The van der Waals surface area contributed by atoms with Crippen LogP contribution in [0.2, 0.25) is 0 Å². The first-order chi connectivity index (χ1) is 11.4. The molecule has 0 saturated carbocycles. The van der Waals surface area contributed by atoms with Crippen LogP contribution in [0.3, 0.4) is 0 Å². The standard InChI is InChI=1S/C19H23NO4/c1-19(2,3)23-18(21)20-15(12-14-8-5-4-6-9-14)13-17(24-20)16-10-7-11-22-16/h4-11,15,17H,12-13H2,1-3H3/t15-,17+/m1/s1. The molecule has 2 atom stereocenters. The molecule has 0 unspecified atom stereocenters. The molecule has 0 N–H and O–H groups in total. The first kappa shape index (κ1) is 16.6. The van der Waals surface area contributed by atoms with Crippen molar-refractivity contribution in [3.8, 4) is 0 Å². The zero-order valence-electron chi connectivity index (χ0n) is 14.3. The van der Waals surface area contributed by atoms with Crippen molar-refractivity contribution in [2.45, 2.75) is 51.4 Å². The fourth-order valence-electron chi connectivity index (χ4n) is 2.80. The minimum absolute atomic E-state index is 0.0997. The van der Waals surface area contributed by atoms with Crippen LogP contribution in [0.5, 0.6) is 0 Å². The average Bonchev–Trinajstić information content (AvgIpc) is 3.15. The minimum Gasteiger partial charge on any atom is -0.466 e. The molecule has 2 aromatic rings. The number of hydrogen-bond donors (Lipinski definition) is 0. The van der Waals surface area contributed by atoms with Gasteiger partial charge in [-0.2, -0.15) is 5.06 Å². The van der Waals surface area contributed by atoms with E-state index in [0.29, 0.717) is 12.8 Å². The Bertz CT molecular complexity index is 660. The van der Waals surface area contributed by atoms with Crippen LogP contribution >= 0.6 is 0 Å². The predicted octanol–water partition coefficient (Wildman–Crippen LogP) is 4.50. The monoisotopic (exact) mass is 329 g/mol. The van der Waals surface area contributed by atoms with Crippen molar-refractivity contribution in [2.24, 2.45) is 0 Å². The van der Waals surface area contributed by atoms with E-state index in [0.717, 1.165) is 11.3 Å². The van der Waals surface area contributed by atoms with Gasteiger partial charge in [-0.15, -0.1) is 0 Å². The van der Waals surface area contributed by atoms with E-state index in [9.17, 15) is 4.79 Å². The van der Waals surface area contributed by atoms with Crippen LogP contribution in [0.1, 0.15) is 44.6 Å². The molecule has 1 aliphatic heterocycles. The van der Waals surface area contributed by atoms with Gasteiger partial charge >= 0.3 is 6.09 Å². The van der Waals surface area contributed by atoms with Gasteiger partial charge in [-0.25, -0.2) is 4.79 Å². The Labute approximate surface area is 142 Å². The first-order valence-corrected chi connectivity index (χ1v) is 8.19. The molecule has 1 fully saturated rings. The third kappa shape index (κ3) is 3.97. The maximum Gasteiger partial charge on any atom is 0.434 e. The molecular formula is C19H23NO4. The van der Waals surface area contributed by atoms with Crippen molar-refractivity contribution >= 4 is 6.09 Å². The molecule has 0 spiro atoms. The Morgan fingerprint density at radius 2 is 1.96 bits per heavy atom. The lowest BCUT2D eigenvalue weighted by atomic mass is 10.0. The lowest BCUT2D eigenvalue weighted by Gasteiger charge is -2.27. The van der Waals surface area contributed by atoms with Gasteiger partial charge in [-0.1, -0.05) is 30.3 Å². The van der Waals surface area contributed by atoms with E-state index in [-0.39, 0.29) is 12.1 Å². The van der Waals surface area contributed by atoms with Gasteiger partial charge in [-0.3, -0.25) is 4.84 Å². The van der Waals surface area contributed by atoms with Gasteiger partial charge in [0.05, 0.1) is 12.3 Å². The summed E-state index contributed by atoms with van der Waals surface area (Å²) in [4.78, 5) is 18.4. The Kier molecular flexibility index (Phi) is 4.62. The van der Waals surface area contributed by atoms with Gasteiger partial charge in [0.1, 0.15) is 17.5 Å². The number of carbonyl (C=O) groups excluding carboxylic acids is 1. The van der Waals surface area contributed by atoms with Gasteiger partial charge in [0.15, 0.2) is 0 Å². The fraction of sp³-hybridized carbons (Fsp3) is 0.421. The molecule has 5 heteroatoms. The fourth-order valence-corrected chi connectivity index (χ4v) is 2.80. The SMILES string of the molecule is CC(C)(C)OC(=O)N1O[C@H](c2ccco2)C[C@H]1Cc1ccccc1. The molecule has 3 rings (SSSR count). The summed E-state index contributed by atoms with van der Waals surface area (Å²) in [6.45, 7) is 5.53. The number of carbonyl (C=O) groups is 1. The van der Waals surface area contributed by atoms with Gasteiger partial charge < -0.3 is 9.15 Å². The second-order valence-electron chi connectivity index (χ2n) is 6.99. The molecule has 2 heterocycles. The summed E-state index contributed by atoms with van der Waals surface area (Å²) >= 11 is 0. The molecule has 0 radical (unpaired) electrons. The molecule has 0 aliphatic carbocycles. The highest BCUT2D eigenvalue weighted by Crippen LogP contribution is 2.35. The molecule has 24 heavy (non-hydrogen) atoms. The van der Waals surface area contributed by atoms with Gasteiger partial charge in [0, 0.05) is 6.42 Å². The number of amides is 1. The second-order valence-corrected chi connectivity index (χ2v) is 6.99. The largest absolute Gasteiger partial charge is 0.466 e. The number of hydroxylamine groups is 2. The lowest BCUT2D eigenvalue weighted by molar-refractivity contribution is -0.154. The highest BCUT2D eigenvalue weighted by molar-refractivity contribution is 5.67. The van der Waals surface area contributed by atoms with E-state index in [2.05, 4.69) is 0 Å². The Morgan fingerprint density at radius 1 is 1.21 bits per heavy atom. The van der Waals surface area contributed by atoms with Crippen molar-refractivity contribution in [1.29, 1.82) is 0 Å². The molecule has 1 aromatic carbocycles. The number of furan rings is 1. The topological polar surface area (TPSA) is 51.9 Å². The van der Waals surface area contributed by atoms with Crippen LogP contribution in [0.15, 0.2) is 53.1 Å². The van der Waals surface area contributed by atoms with Gasteiger partial charge in [0.25, 0.3) is 0 Å². The summed E-state index contributed by atoms with van der Waals surface area (Å²) in [6, 6.07) is 13.6. The molecule has 128 valence electrons. The van der Waals surface area contributed by atoms with Crippen LogP contribution in [-0.2, 0) is 16.0 Å².